The third-order valence-corrected chi connectivity index (χ3v) is 2.04. The van der Waals surface area contributed by atoms with E-state index in [9.17, 15) is 0 Å². The van der Waals surface area contributed by atoms with E-state index >= 15 is 0 Å². The Bertz CT molecular complexity index is 169. The molecule has 0 saturated heterocycles. The number of thiazole rings is 1. The van der Waals surface area contributed by atoms with Gasteiger partial charge in [-0.2, -0.15) is 0 Å². The average molecular weight is 126 g/mol. The summed E-state index contributed by atoms with van der Waals surface area (Å²) in [5.41, 5.74) is 3.00. The van der Waals surface area contributed by atoms with Crippen molar-refractivity contribution in [2.45, 2.75) is 13.8 Å². The second-order valence-electron chi connectivity index (χ2n) is 1.59. The van der Waals surface area contributed by atoms with Crippen molar-refractivity contribution in [2.75, 3.05) is 0 Å². The molecule has 2 heteroatoms. The predicted octanol–water partition coefficient (Wildman–Crippen LogP) is 2.02. The number of hydrogen-bond donors (Lipinski definition) is 0. The van der Waals surface area contributed by atoms with Crippen LogP contribution in [0.3, 0.4) is 0 Å². The summed E-state index contributed by atoms with van der Waals surface area (Å²) in [7, 11) is 0. The van der Waals surface area contributed by atoms with E-state index in [-0.39, 0.29) is 0 Å². The van der Waals surface area contributed by atoms with Crippen molar-refractivity contribution >= 4 is 11.3 Å². The summed E-state index contributed by atoms with van der Waals surface area (Å²) >= 11 is 1.68. The van der Waals surface area contributed by atoms with Gasteiger partial charge in [-0.05, 0) is 13.3 Å². The van der Waals surface area contributed by atoms with E-state index in [1.165, 1.54) is 4.88 Å². The largest absolute Gasteiger partial charge is 0.250 e. The Hall–Kier alpha value is -0.370. The first-order valence-corrected chi connectivity index (χ1v) is 3.42. The van der Waals surface area contributed by atoms with Crippen molar-refractivity contribution < 1.29 is 0 Å². The molecule has 1 aromatic rings. The van der Waals surface area contributed by atoms with Gasteiger partial charge in [-0.3, -0.25) is 0 Å². The Labute approximate surface area is 53.4 Å². The highest BCUT2D eigenvalue weighted by Gasteiger charge is 1.94. The Morgan fingerprint density at radius 3 is 2.75 bits per heavy atom. The summed E-state index contributed by atoms with van der Waals surface area (Å²) < 4.78 is 0. The highest BCUT2D eigenvalue weighted by atomic mass is 32.1. The number of rotatable bonds is 1. The standard InChI is InChI=1S/C6H8NS/c1-3-6-5(2)7-4-8-6/h3-4H,1-2H3. The number of aromatic nitrogens is 1. The van der Waals surface area contributed by atoms with Crippen LogP contribution in [0.1, 0.15) is 17.5 Å². The van der Waals surface area contributed by atoms with Gasteiger partial charge in [0.05, 0.1) is 11.2 Å². The van der Waals surface area contributed by atoms with Gasteiger partial charge in [0.25, 0.3) is 0 Å². The fourth-order valence-corrected chi connectivity index (χ4v) is 1.27. The predicted molar refractivity (Wildman–Crippen MR) is 35.9 cm³/mol. The first-order chi connectivity index (χ1) is 3.84. The lowest BCUT2D eigenvalue weighted by molar-refractivity contribution is 1.23. The maximum atomic E-state index is 4.07. The molecule has 1 heterocycles. The molecule has 0 unspecified atom stereocenters. The van der Waals surface area contributed by atoms with E-state index in [2.05, 4.69) is 11.4 Å². The fraction of sp³-hybridized carbons (Fsp3) is 0.333. The number of aryl methyl sites for hydroxylation is 1. The van der Waals surface area contributed by atoms with Gasteiger partial charge in [0.2, 0.25) is 0 Å². The molecule has 0 amide bonds. The molecule has 0 aromatic carbocycles. The second-order valence-corrected chi connectivity index (χ2v) is 2.48. The molecular formula is C6H8NS. The minimum Gasteiger partial charge on any atom is -0.250 e. The fourth-order valence-electron chi connectivity index (χ4n) is 0.588. The van der Waals surface area contributed by atoms with Crippen LogP contribution in [0.5, 0.6) is 0 Å². The summed E-state index contributed by atoms with van der Waals surface area (Å²) in [4.78, 5) is 5.36. The van der Waals surface area contributed by atoms with Crippen molar-refractivity contribution in [3.05, 3.63) is 22.5 Å². The summed E-state index contributed by atoms with van der Waals surface area (Å²) in [5.74, 6) is 0. The van der Waals surface area contributed by atoms with Crippen LogP contribution in [-0.2, 0) is 0 Å². The van der Waals surface area contributed by atoms with E-state index in [0.717, 1.165) is 5.69 Å². The van der Waals surface area contributed by atoms with E-state index in [1.807, 2.05) is 19.4 Å². The minimum atomic E-state index is 1.14. The quantitative estimate of drug-likeness (QED) is 0.561. The molecule has 0 fully saturated rings. The molecule has 0 aliphatic carbocycles. The molecule has 0 spiro atoms. The molecule has 0 aliphatic heterocycles. The smallest absolute Gasteiger partial charge is 0.0797 e. The van der Waals surface area contributed by atoms with E-state index in [4.69, 9.17) is 0 Å². The first-order valence-electron chi connectivity index (χ1n) is 2.54. The molecule has 1 aromatic heterocycles. The van der Waals surface area contributed by atoms with Crippen molar-refractivity contribution in [1.82, 2.24) is 4.98 Å². The second kappa shape index (κ2) is 2.27. The van der Waals surface area contributed by atoms with E-state index in [0.29, 0.717) is 0 Å². The lowest BCUT2D eigenvalue weighted by Gasteiger charge is -1.85. The molecule has 0 saturated carbocycles. The molecule has 0 atom stereocenters. The van der Waals surface area contributed by atoms with Crippen molar-refractivity contribution in [2.24, 2.45) is 0 Å². The highest BCUT2D eigenvalue weighted by molar-refractivity contribution is 7.10. The molecule has 1 nitrogen and oxygen atoms in total. The monoisotopic (exact) mass is 126 g/mol. The Balaban J connectivity index is 2.92. The Kier molecular flexibility index (Phi) is 1.63. The van der Waals surface area contributed by atoms with Crippen molar-refractivity contribution in [3.8, 4) is 0 Å². The van der Waals surface area contributed by atoms with Crippen LogP contribution in [0.25, 0.3) is 0 Å². The van der Waals surface area contributed by atoms with Crippen LogP contribution in [0.4, 0.5) is 0 Å². The minimum absolute atomic E-state index is 1.14. The van der Waals surface area contributed by atoms with Crippen LogP contribution in [0.2, 0.25) is 0 Å². The van der Waals surface area contributed by atoms with Gasteiger partial charge >= 0.3 is 0 Å². The maximum absolute atomic E-state index is 4.07. The van der Waals surface area contributed by atoms with Gasteiger partial charge in [0.15, 0.2) is 0 Å². The molecule has 8 heavy (non-hydrogen) atoms. The lowest BCUT2D eigenvalue weighted by atomic mass is 10.3. The summed E-state index contributed by atoms with van der Waals surface area (Å²) in [6.07, 6.45) is 2.08. The van der Waals surface area contributed by atoms with Crippen LogP contribution in [0.15, 0.2) is 5.51 Å². The maximum Gasteiger partial charge on any atom is 0.0797 e. The zero-order valence-corrected chi connectivity index (χ0v) is 5.83. The van der Waals surface area contributed by atoms with E-state index < -0.39 is 0 Å². The SMILES string of the molecule is C[CH]c1scnc1C. The van der Waals surface area contributed by atoms with Gasteiger partial charge in [-0.15, -0.1) is 11.3 Å². The molecule has 0 bridgehead atoms. The van der Waals surface area contributed by atoms with Gasteiger partial charge < -0.3 is 0 Å². The van der Waals surface area contributed by atoms with Gasteiger partial charge in [0.1, 0.15) is 0 Å². The molecule has 0 N–H and O–H groups in total. The highest BCUT2D eigenvalue weighted by Crippen LogP contribution is 2.12. The normalized spacial score (nSPS) is 9.75. The van der Waals surface area contributed by atoms with Crippen molar-refractivity contribution in [1.29, 1.82) is 0 Å². The Morgan fingerprint density at radius 2 is 2.50 bits per heavy atom. The zero-order valence-electron chi connectivity index (χ0n) is 5.01. The topological polar surface area (TPSA) is 12.9 Å². The third-order valence-electron chi connectivity index (χ3n) is 1.04. The van der Waals surface area contributed by atoms with Gasteiger partial charge in [-0.25, -0.2) is 4.98 Å². The summed E-state index contributed by atoms with van der Waals surface area (Å²) in [6.45, 7) is 4.05. The Morgan fingerprint density at radius 1 is 1.75 bits per heavy atom. The van der Waals surface area contributed by atoms with E-state index in [1.54, 1.807) is 11.3 Å². The average Bonchev–Trinajstić information content (AvgIpc) is 2.14. The van der Waals surface area contributed by atoms with Crippen molar-refractivity contribution in [3.63, 3.8) is 0 Å². The van der Waals surface area contributed by atoms with Crippen LogP contribution < -0.4 is 0 Å². The third kappa shape index (κ3) is 0.892. The summed E-state index contributed by atoms with van der Waals surface area (Å²) in [5, 5.41) is 0. The van der Waals surface area contributed by atoms with Gasteiger partial charge in [0, 0.05) is 4.88 Å². The lowest BCUT2D eigenvalue weighted by Crippen LogP contribution is -1.74. The van der Waals surface area contributed by atoms with Crippen LogP contribution in [-0.4, -0.2) is 4.98 Å². The number of hydrogen-bond acceptors (Lipinski definition) is 2. The molecule has 43 valence electrons. The van der Waals surface area contributed by atoms with Gasteiger partial charge in [-0.1, -0.05) is 6.92 Å². The molecule has 1 rings (SSSR count). The number of nitrogens with zero attached hydrogens (tertiary/aromatic N) is 1. The first kappa shape index (κ1) is 5.76. The molecular weight excluding hydrogens is 118 g/mol. The zero-order chi connectivity index (χ0) is 5.98. The van der Waals surface area contributed by atoms with Crippen LogP contribution >= 0.6 is 11.3 Å². The molecule has 1 radical (unpaired) electrons. The summed E-state index contributed by atoms with van der Waals surface area (Å²) in [6, 6.07) is 0. The van der Waals surface area contributed by atoms with Crippen LogP contribution in [0, 0.1) is 13.3 Å². The molecule has 0 aliphatic rings.